The first-order chi connectivity index (χ1) is 10.1. The van der Waals surface area contributed by atoms with E-state index in [1.165, 1.54) is 24.3 Å². The SMILES string of the molecule is O=C(Nc1ccc(F)cc1)N[C@@H]1c2ccccc2C[C@@H]1O. The zero-order chi connectivity index (χ0) is 14.8. The normalized spacial score (nSPS) is 19.9. The van der Waals surface area contributed by atoms with Gasteiger partial charge in [0.1, 0.15) is 5.82 Å². The van der Waals surface area contributed by atoms with Crippen molar-refractivity contribution in [1.29, 1.82) is 0 Å². The first kappa shape index (κ1) is 13.6. The third-order valence-corrected chi connectivity index (χ3v) is 3.59. The van der Waals surface area contributed by atoms with E-state index in [-0.39, 0.29) is 5.82 Å². The van der Waals surface area contributed by atoms with Crippen LogP contribution in [0.15, 0.2) is 48.5 Å². The summed E-state index contributed by atoms with van der Waals surface area (Å²) in [7, 11) is 0. The molecule has 0 saturated carbocycles. The van der Waals surface area contributed by atoms with E-state index in [9.17, 15) is 14.3 Å². The number of carbonyl (C=O) groups excluding carboxylic acids is 1. The number of aliphatic hydroxyl groups is 1. The molecule has 3 N–H and O–H groups in total. The Kier molecular flexibility index (Phi) is 3.58. The first-order valence-corrected chi connectivity index (χ1v) is 6.72. The van der Waals surface area contributed by atoms with Gasteiger partial charge in [0.15, 0.2) is 0 Å². The van der Waals surface area contributed by atoms with E-state index in [4.69, 9.17) is 0 Å². The van der Waals surface area contributed by atoms with E-state index in [0.29, 0.717) is 12.1 Å². The van der Waals surface area contributed by atoms with Gasteiger partial charge in [-0.05, 0) is 35.4 Å². The van der Waals surface area contributed by atoms with Crippen LogP contribution < -0.4 is 10.6 Å². The lowest BCUT2D eigenvalue weighted by Gasteiger charge is -2.18. The molecule has 0 radical (unpaired) electrons. The highest BCUT2D eigenvalue weighted by atomic mass is 19.1. The number of aliphatic hydroxyl groups excluding tert-OH is 1. The minimum absolute atomic E-state index is 0.360. The average molecular weight is 286 g/mol. The van der Waals surface area contributed by atoms with E-state index in [0.717, 1.165) is 11.1 Å². The van der Waals surface area contributed by atoms with Crippen LogP contribution >= 0.6 is 0 Å². The van der Waals surface area contributed by atoms with Crippen molar-refractivity contribution < 1.29 is 14.3 Å². The smallest absolute Gasteiger partial charge is 0.319 e. The van der Waals surface area contributed by atoms with Gasteiger partial charge in [-0.25, -0.2) is 9.18 Å². The van der Waals surface area contributed by atoms with Gasteiger partial charge >= 0.3 is 6.03 Å². The second-order valence-corrected chi connectivity index (χ2v) is 5.05. The highest BCUT2D eigenvalue weighted by molar-refractivity contribution is 5.89. The number of carbonyl (C=O) groups is 1. The van der Waals surface area contributed by atoms with Gasteiger partial charge in [-0.1, -0.05) is 24.3 Å². The quantitative estimate of drug-likeness (QED) is 0.794. The molecular formula is C16H15FN2O2. The Balaban J connectivity index is 1.69. The number of halogens is 1. The number of amides is 2. The predicted molar refractivity (Wildman–Crippen MR) is 77.4 cm³/mol. The molecule has 0 spiro atoms. The van der Waals surface area contributed by atoms with Crippen molar-refractivity contribution in [3.63, 3.8) is 0 Å². The number of urea groups is 1. The van der Waals surface area contributed by atoms with Crippen molar-refractivity contribution in [3.8, 4) is 0 Å². The lowest BCUT2D eigenvalue weighted by atomic mass is 10.1. The molecule has 4 nitrogen and oxygen atoms in total. The molecule has 0 heterocycles. The number of fused-ring (bicyclic) bond motifs is 1. The Labute approximate surface area is 121 Å². The predicted octanol–water partition coefficient (Wildman–Crippen LogP) is 2.61. The summed E-state index contributed by atoms with van der Waals surface area (Å²) < 4.78 is 12.8. The van der Waals surface area contributed by atoms with E-state index < -0.39 is 18.2 Å². The van der Waals surface area contributed by atoms with E-state index in [1.807, 2.05) is 24.3 Å². The van der Waals surface area contributed by atoms with Crippen LogP contribution in [0.3, 0.4) is 0 Å². The van der Waals surface area contributed by atoms with Crippen molar-refractivity contribution in [2.75, 3.05) is 5.32 Å². The van der Waals surface area contributed by atoms with Gasteiger partial charge < -0.3 is 15.7 Å². The molecule has 0 saturated heterocycles. The first-order valence-electron chi connectivity index (χ1n) is 6.72. The van der Waals surface area contributed by atoms with Crippen LogP contribution in [0.25, 0.3) is 0 Å². The Morgan fingerprint density at radius 2 is 1.86 bits per heavy atom. The number of hydrogen-bond acceptors (Lipinski definition) is 2. The lowest BCUT2D eigenvalue weighted by Crippen LogP contribution is -2.36. The summed E-state index contributed by atoms with van der Waals surface area (Å²) in [4.78, 5) is 12.0. The maximum atomic E-state index is 12.8. The van der Waals surface area contributed by atoms with Crippen molar-refractivity contribution in [1.82, 2.24) is 5.32 Å². The topological polar surface area (TPSA) is 61.4 Å². The molecule has 2 amide bonds. The van der Waals surface area contributed by atoms with Crippen LogP contribution in [-0.4, -0.2) is 17.2 Å². The van der Waals surface area contributed by atoms with Crippen LogP contribution in [0.5, 0.6) is 0 Å². The van der Waals surface area contributed by atoms with Gasteiger partial charge in [0, 0.05) is 12.1 Å². The number of benzene rings is 2. The molecule has 0 unspecified atom stereocenters. The van der Waals surface area contributed by atoms with Gasteiger partial charge in [-0.15, -0.1) is 0 Å². The summed E-state index contributed by atoms with van der Waals surface area (Å²) in [6.07, 6.45) is -0.112. The monoisotopic (exact) mass is 286 g/mol. The van der Waals surface area contributed by atoms with Crippen molar-refractivity contribution in [2.24, 2.45) is 0 Å². The number of anilines is 1. The Morgan fingerprint density at radius 1 is 1.14 bits per heavy atom. The fourth-order valence-corrected chi connectivity index (χ4v) is 2.59. The molecular weight excluding hydrogens is 271 g/mol. The van der Waals surface area contributed by atoms with Gasteiger partial charge in [-0.3, -0.25) is 0 Å². The standard InChI is InChI=1S/C16H15FN2O2/c17-11-5-7-12(8-6-11)18-16(21)19-15-13-4-2-1-3-10(13)9-14(15)20/h1-8,14-15,20H,9H2,(H2,18,19,21)/t14-,15+/m0/s1. The molecule has 1 aliphatic rings. The third-order valence-electron chi connectivity index (χ3n) is 3.59. The Bertz CT molecular complexity index is 658. The molecule has 1 aliphatic carbocycles. The molecule has 0 aromatic heterocycles. The number of rotatable bonds is 2. The van der Waals surface area contributed by atoms with Crippen molar-refractivity contribution in [2.45, 2.75) is 18.6 Å². The summed E-state index contributed by atoms with van der Waals surface area (Å²) in [5, 5.41) is 15.4. The fraction of sp³-hybridized carbons (Fsp3) is 0.188. The second-order valence-electron chi connectivity index (χ2n) is 5.05. The minimum atomic E-state index is -0.638. The molecule has 21 heavy (non-hydrogen) atoms. The molecule has 0 bridgehead atoms. The van der Waals surface area contributed by atoms with Gasteiger partial charge in [0.05, 0.1) is 12.1 Å². The van der Waals surface area contributed by atoms with Crippen molar-refractivity contribution in [3.05, 3.63) is 65.5 Å². The molecule has 2 aromatic carbocycles. The van der Waals surface area contributed by atoms with Crippen molar-refractivity contribution >= 4 is 11.7 Å². The highest BCUT2D eigenvalue weighted by Gasteiger charge is 2.31. The Hall–Kier alpha value is -2.40. The van der Waals surface area contributed by atoms with E-state index in [2.05, 4.69) is 10.6 Å². The molecule has 2 aromatic rings. The molecule has 3 rings (SSSR count). The van der Waals surface area contributed by atoms with Crippen LogP contribution in [-0.2, 0) is 6.42 Å². The summed E-state index contributed by atoms with van der Waals surface area (Å²) >= 11 is 0. The number of nitrogens with one attached hydrogen (secondary N) is 2. The second kappa shape index (κ2) is 5.54. The average Bonchev–Trinajstić information content (AvgIpc) is 2.78. The highest BCUT2D eigenvalue weighted by Crippen LogP contribution is 2.31. The lowest BCUT2D eigenvalue weighted by molar-refractivity contribution is 0.144. The summed E-state index contributed by atoms with van der Waals surface area (Å²) in [5.41, 5.74) is 2.46. The summed E-state index contributed by atoms with van der Waals surface area (Å²) in [6.45, 7) is 0. The molecule has 5 heteroatoms. The number of hydrogen-bond donors (Lipinski definition) is 3. The summed E-state index contributed by atoms with van der Waals surface area (Å²) in [5.74, 6) is -0.360. The molecule has 0 fully saturated rings. The van der Waals surface area contributed by atoms with Gasteiger partial charge in [-0.2, -0.15) is 0 Å². The van der Waals surface area contributed by atoms with Gasteiger partial charge in [0.25, 0.3) is 0 Å². The van der Waals surface area contributed by atoms with E-state index in [1.54, 1.807) is 0 Å². The fourth-order valence-electron chi connectivity index (χ4n) is 2.59. The van der Waals surface area contributed by atoms with Crippen LogP contribution in [0.1, 0.15) is 17.2 Å². The Morgan fingerprint density at radius 3 is 2.62 bits per heavy atom. The zero-order valence-electron chi connectivity index (χ0n) is 11.2. The largest absolute Gasteiger partial charge is 0.390 e. The van der Waals surface area contributed by atoms with Crippen LogP contribution in [0.2, 0.25) is 0 Å². The molecule has 108 valence electrons. The maximum absolute atomic E-state index is 12.8. The van der Waals surface area contributed by atoms with E-state index >= 15 is 0 Å². The molecule has 2 atom stereocenters. The van der Waals surface area contributed by atoms with Gasteiger partial charge in [0.2, 0.25) is 0 Å². The van der Waals surface area contributed by atoms with Crippen LogP contribution in [0.4, 0.5) is 14.9 Å². The summed E-state index contributed by atoms with van der Waals surface area (Å²) in [6, 6.07) is 12.3. The zero-order valence-corrected chi connectivity index (χ0v) is 11.2. The minimum Gasteiger partial charge on any atom is -0.390 e. The van der Waals surface area contributed by atoms with Crippen LogP contribution in [0, 0.1) is 5.82 Å². The third kappa shape index (κ3) is 2.87. The maximum Gasteiger partial charge on any atom is 0.319 e. The molecule has 0 aliphatic heterocycles.